The highest BCUT2D eigenvalue weighted by Gasteiger charge is 2.31. The van der Waals surface area contributed by atoms with Gasteiger partial charge in [0.1, 0.15) is 0 Å². The number of aryl methyl sites for hydroxylation is 1. The molecule has 0 heterocycles. The Labute approximate surface area is 239 Å². The minimum Gasteiger partial charge on any atom is -0.356 e. The molecule has 0 spiro atoms. The van der Waals surface area contributed by atoms with Gasteiger partial charge in [0.2, 0.25) is 5.91 Å². The van der Waals surface area contributed by atoms with E-state index in [4.69, 9.17) is 11.6 Å². The van der Waals surface area contributed by atoms with Gasteiger partial charge in [-0.1, -0.05) is 75.5 Å². The van der Waals surface area contributed by atoms with Crippen molar-refractivity contribution in [3.05, 3.63) is 70.2 Å². The van der Waals surface area contributed by atoms with E-state index >= 15 is 0 Å². The van der Waals surface area contributed by atoms with Gasteiger partial charge >= 0.3 is 0 Å². The van der Waals surface area contributed by atoms with Crippen LogP contribution in [-0.4, -0.2) is 50.9 Å². The quantitative estimate of drug-likeness (QED) is 0.218. The van der Waals surface area contributed by atoms with Crippen LogP contribution in [0.1, 0.15) is 74.4 Å². The number of hydrogen-bond donors (Lipinski definition) is 3. The van der Waals surface area contributed by atoms with Crippen molar-refractivity contribution in [2.75, 3.05) is 25.4 Å². The van der Waals surface area contributed by atoms with Crippen molar-refractivity contribution in [1.29, 1.82) is 0 Å². The zero-order chi connectivity index (χ0) is 28.7. The Bertz CT molecular complexity index is 1150. The molecular formula is C30H44ClN3O4S. The van der Waals surface area contributed by atoms with E-state index in [1.54, 1.807) is 18.2 Å². The molecule has 0 bridgehead atoms. The Kier molecular flexibility index (Phi) is 14.6. The SMILES string of the molecule is CCCC(CCC)S(=O)(=O)CC(CNC(=O)c1cccc(Cl)c1)C(=O)NCCCNCc1cccc(CC)c1. The predicted octanol–water partition coefficient (Wildman–Crippen LogP) is 4.93. The van der Waals surface area contributed by atoms with Crippen molar-refractivity contribution in [2.24, 2.45) is 5.92 Å². The molecule has 0 aliphatic rings. The number of hydrogen-bond acceptors (Lipinski definition) is 5. The standard InChI is InChI=1S/C30H44ClN3O4S/c1-4-10-28(11-5-2)39(37,38)22-26(21-34-29(35)25-14-8-15-27(31)19-25)30(36)33-17-9-16-32-20-24-13-7-12-23(6-3)18-24/h7-8,12-15,18-19,26,28,32H,4-6,9-11,16-17,20-22H2,1-3H3,(H,33,36)(H,34,35). The molecule has 2 aromatic carbocycles. The van der Waals surface area contributed by atoms with Gasteiger partial charge in [-0.3, -0.25) is 9.59 Å². The molecule has 2 aromatic rings. The predicted molar refractivity (Wildman–Crippen MR) is 160 cm³/mol. The first-order valence-electron chi connectivity index (χ1n) is 14.0. The summed E-state index contributed by atoms with van der Waals surface area (Å²) in [4.78, 5) is 25.8. The molecule has 9 heteroatoms. The maximum absolute atomic E-state index is 13.3. The number of carbonyl (C=O) groups is 2. The van der Waals surface area contributed by atoms with Gasteiger partial charge in [0.05, 0.1) is 16.9 Å². The molecule has 1 unspecified atom stereocenters. The molecular weight excluding hydrogens is 534 g/mol. The summed E-state index contributed by atoms with van der Waals surface area (Å²) in [6.45, 7) is 7.84. The maximum atomic E-state index is 13.3. The first-order valence-corrected chi connectivity index (χ1v) is 16.1. The van der Waals surface area contributed by atoms with Gasteiger partial charge in [0, 0.05) is 30.2 Å². The van der Waals surface area contributed by atoms with Crippen LogP contribution in [0.3, 0.4) is 0 Å². The topological polar surface area (TPSA) is 104 Å². The fourth-order valence-corrected chi connectivity index (χ4v) is 6.98. The van der Waals surface area contributed by atoms with Crippen molar-refractivity contribution >= 4 is 33.3 Å². The van der Waals surface area contributed by atoms with Crippen LogP contribution in [0.2, 0.25) is 5.02 Å². The third-order valence-corrected chi connectivity index (χ3v) is 9.28. The number of amides is 2. The summed E-state index contributed by atoms with van der Waals surface area (Å²) in [6, 6.07) is 14.9. The van der Waals surface area contributed by atoms with Gasteiger partial charge in [-0.25, -0.2) is 8.42 Å². The zero-order valence-corrected chi connectivity index (χ0v) is 25.0. The zero-order valence-electron chi connectivity index (χ0n) is 23.5. The van der Waals surface area contributed by atoms with E-state index in [9.17, 15) is 18.0 Å². The lowest BCUT2D eigenvalue weighted by molar-refractivity contribution is -0.124. The summed E-state index contributed by atoms with van der Waals surface area (Å²) < 4.78 is 26.5. The second-order valence-electron chi connectivity index (χ2n) is 9.94. The Hall–Kier alpha value is -2.42. The van der Waals surface area contributed by atoms with Gasteiger partial charge in [-0.05, 0) is 61.6 Å². The average molecular weight is 578 g/mol. The second kappa shape index (κ2) is 17.3. The fraction of sp³-hybridized carbons (Fsp3) is 0.533. The van der Waals surface area contributed by atoms with Crippen LogP contribution < -0.4 is 16.0 Å². The van der Waals surface area contributed by atoms with Crippen LogP contribution in [-0.2, 0) is 27.6 Å². The molecule has 2 rings (SSSR count). The molecule has 0 saturated carbocycles. The van der Waals surface area contributed by atoms with Crippen molar-refractivity contribution in [3.8, 4) is 0 Å². The molecule has 39 heavy (non-hydrogen) atoms. The molecule has 3 N–H and O–H groups in total. The minimum absolute atomic E-state index is 0.0760. The molecule has 0 fully saturated rings. The monoisotopic (exact) mass is 577 g/mol. The maximum Gasteiger partial charge on any atom is 0.251 e. The number of sulfone groups is 1. The second-order valence-corrected chi connectivity index (χ2v) is 12.7. The number of rotatable bonds is 18. The molecule has 0 radical (unpaired) electrons. The van der Waals surface area contributed by atoms with Gasteiger partial charge in [-0.2, -0.15) is 0 Å². The van der Waals surface area contributed by atoms with Crippen LogP contribution in [0.15, 0.2) is 48.5 Å². The van der Waals surface area contributed by atoms with E-state index in [1.165, 1.54) is 17.2 Å². The lowest BCUT2D eigenvalue weighted by Gasteiger charge is -2.22. The molecule has 216 valence electrons. The molecule has 1 atom stereocenters. The Balaban J connectivity index is 1.96. The number of nitrogens with one attached hydrogen (secondary N) is 3. The molecule has 0 aliphatic carbocycles. The number of carbonyl (C=O) groups excluding carboxylic acids is 2. The third-order valence-electron chi connectivity index (χ3n) is 6.69. The average Bonchev–Trinajstić information content (AvgIpc) is 2.92. The van der Waals surface area contributed by atoms with Gasteiger partial charge in [-0.15, -0.1) is 0 Å². The smallest absolute Gasteiger partial charge is 0.251 e. The highest BCUT2D eigenvalue weighted by Crippen LogP contribution is 2.19. The van der Waals surface area contributed by atoms with Gasteiger partial charge in [0.15, 0.2) is 9.84 Å². The highest BCUT2D eigenvalue weighted by atomic mass is 35.5. The lowest BCUT2D eigenvalue weighted by atomic mass is 10.1. The van der Waals surface area contributed by atoms with Crippen LogP contribution in [0.25, 0.3) is 0 Å². The van der Waals surface area contributed by atoms with E-state index in [2.05, 4.69) is 47.1 Å². The van der Waals surface area contributed by atoms with E-state index in [0.29, 0.717) is 42.9 Å². The van der Waals surface area contributed by atoms with Crippen molar-refractivity contribution < 1.29 is 18.0 Å². The van der Waals surface area contributed by atoms with Crippen molar-refractivity contribution in [1.82, 2.24) is 16.0 Å². The van der Waals surface area contributed by atoms with E-state index in [-0.39, 0.29) is 18.2 Å². The largest absolute Gasteiger partial charge is 0.356 e. The first-order chi connectivity index (χ1) is 18.7. The molecule has 2 amide bonds. The van der Waals surface area contributed by atoms with Crippen LogP contribution in [0.4, 0.5) is 0 Å². The number of halogens is 1. The fourth-order valence-electron chi connectivity index (χ4n) is 4.50. The third kappa shape index (κ3) is 11.7. The molecule has 0 saturated heterocycles. The molecule has 0 aromatic heterocycles. The Morgan fingerprint density at radius 3 is 2.26 bits per heavy atom. The van der Waals surface area contributed by atoms with Crippen LogP contribution in [0.5, 0.6) is 0 Å². The Morgan fingerprint density at radius 2 is 1.59 bits per heavy atom. The van der Waals surface area contributed by atoms with Gasteiger partial charge in [0.25, 0.3) is 5.91 Å². The Morgan fingerprint density at radius 1 is 0.897 bits per heavy atom. The van der Waals surface area contributed by atoms with Crippen molar-refractivity contribution in [2.45, 2.75) is 71.1 Å². The van der Waals surface area contributed by atoms with E-state index in [1.807, 2.05) is 13.8 Å². The molecule has 0 aliphatic heterocycles. The summed E-state index contributed by atoms with van der Waals surface area (Å²) in [5.41, 5.74) is 2.87. The summed E-state index contributed by atoms with van der Waals surface area (Å²) in [7, 11) is -3.53. The van der Waals surface area contributed by atoms with E-state index < -0.39 is 26.9 Å². The molecule has 7 nitrogen and oxygen atoms in total. The summed E-state index contributed by atoms with van der Waals surface area (Å²) in [5, 5.41) is 8.94. The number of benzene rings is 2. The minimum atomic E-state index is -3.53. The first kappa shape index (κ1) is 32.8. The van der Waals surface area contributed by atoms with Gasteiger partial charge < -0.3 is 16.0 Å². The van der Waals surface area contributed by atoms with E-state index in [0.717, 1.165) is 25.8 Å². The van der Waals surface area contributed by atoms with Crippen LogP contribution >= 0.6 is 11.6 Å². The lowest BCUT2D eigenvalue weighted by Crippen LogP contribution is -2.44. The summed E-state index contributed by atoms with van der Waals surface area (Å²) in [5.74, 6) is -1.96. The highest BCUT2D eigenvalue weighted by molar-refractivity contribution is 7.92. The summed E-state index contributed by atoms with van der Waals surface area (Å²) in [6.07, 6.45) is 4.32. The van der Waals surface area contributed by atoms with Crippen molar-refractivity contribution in [3.63, 3.8) is 0 Å². The van der Waals surface area contributed by atoms with Crippen LogP contribution in [0, 0.1) is 5.92 Å². The summed E-state index contributed by atoms with van der Waals surface area (Å²) >= 11 is 6.00. The normalized spacial score (nSPS) is 12.3.